The van der Waals surface area contributed by atoms with Crippen molar-refractivity contribution in [2.75, 3.05) is 13.6 Å². The molecular formula is C16H15F3N4. The van der Waals surface area contributed by atoms with Gasteiger partial charge in [0.05, 0.1) is 18.2 Å². The van der Waals surface area contributed by atoms with Gasteiger partial charge in [-0.15, -0.1) is 0 Å². The summed E-state index contributed by atoms with van der Waals surface area (Å²) in [5.74, 6) is 0. The lowest BCUT2D eigenvalue weighted by Crippen LogP contribution is -2.28. The van der Waals surface area contributed by atoms with Crippen LogP contribution in [-0.2, 0) is 25.7 Å². The van der Waals surface area contributed by atoms with Crippen LogP contribution >= 0.6 is 0 Å². The molecule has 0 saturated carbocycles. The third-order valence-corrected chi connectivity index (χ3v) is 4.05. The zero-order valence-corrected chi connectivity index (χ0v) is 12.6. The molecule has 0 aliphatic carbocycles. The molecule has 4 nitrogen and oxygen atoms in total. The number of nitrogens with zero attached hydrogens (tertiary/aromatic N) is 4. The molecule has 3 rings (SSSR count). The maximum atomic E-state index is 13.3. The molecule has 0 amide bonds. The van der Waals surface area contributed by atoms with Crippen molar-refractivity contribution in [2.24, 2.45) is 0 Å². The normalized spacial score (nSPS) is 15.3. The molecular weight excluding hydrogens is 305 g/mol. The van der Waals surface area contributed by atoms with Crippen molar-refractivity contribution < 1.29 is 13.2 Å². The van der Waals surface area contributed by atoms with Crippen molar-refractivity contribution in [3.63, 3.8) is 0 Å². The van der Waals surface area contributed by atoms with Crippen LogP contribution in [0.3, 0.4) is 0 Å². The Balaban J connectivity index is 2.05. The van der Waals surface area contributed by atoms with Crippen LogP contribution in [0.15, 0.2) is 24.3 Å². The molecule has 2 heterocycles. The first-order valence-electron chi connectivity index (χ1n) is 7.22. The van der Waals surface area contributed by atoms with Gasteiger partial charge in [-0.05, 0) is 18.7 Å². The molecule has 120 valence electrons. The Morgan fingerprint density at radius 2 is 2.04 bits per heavy atom. The molecule has 23 heavy (non-hydrogen) atoms. The molecule has 2 aromatic rings. The molecule has 1 aliphatic heterocycles. The summed E-state index contributed by atoms with van der Waals surface area (Å²) in [7, 11) is 1.80. The lowest BCUT2D eigenvalue weighted by Gasteiger charge is -2.24. The molecule has 0 radical (unpaired) electrons. The Labute approximate surface area is 131 Å². The van der Waals surface area contributed by atoms with Gasteiger partial charge in [0.15, 0.2) is 5.69 Å². The Bertz CT molecular complexity index is 771. The Morgan fingerprint density at radius 3 is 2.74 bits per heavy atom. The number of rotatable bonds is 2. The quantitative estimate of drug-likeness (QED) is 0.855. The van der Waals surface area contributed by atoms with Gasteiger partial charge in [-0.3, -0.25) is 4.68 Å². The molecule has 0 fully saturated rings. The van der Waals surface area contributed by atoms with Crippen LogP contribution in [0.4, 0.5) is 13.2 Å². The van der Waals surface area contributed by atoms with E-state index < -0.39 is 11.9 Å². The van der Waals surface area contributed by atoms with E-state index in [9.17, 15) is 13.2 Å². The van der Waals surface area contributed by atoms with E-state index in [0.29, 0.717) is 29.8 Å². The second-order valence-corrected chi connectivity index (χ2v) is 5.69. The zero-order chi connectivity index (χ0) is 16.6. The summed E-state index contributed by atoms with van der Waals surface area (Å²) in [6.07, 6.45) is -3.95. The maximum Gasteiger partial charge on any atom is 0.435 e. The van der Waals surface area contributed by atoms with Crippen molar-refractivity contribution in [1.29, 1.82) is 5.26 Å². The van der Waals surface area contributed by atoms with Gasteiger partial charge in [0.25, 0.3) is 0 Å². The molecule has 0 spiro atoms. The van der Waals surface area contributed by atoms with Gasteiger partial charge in [0.2, 0.25) is 0 Å². The van der Waals surface area contributed by atoms with E-state index in [2.05, 4.69) is 11.2 Å². The van der Waals surface area contributed by atoms with Crippen LogP contribution in [0.1, 0.15) is 28.1 Å². The monoisotopic (exact) mass is 320 g/mol. The van der Waals surface area contributed by atoms with Gasteiger partial charge < -0.3 is 4.90 Å². The largest absolute Gasteiger partial charge is 0.435 e. The fraction of sp³-hybridized carbons (Fsp3) is 0.375. The number of likely N-dealkylation sites (N-methyl/N-ethyl adjacent to an activating group) is 1. The lowest BCUT2D eigenvalue weighted by atomic mass is 10.0. The fourth-order valence-electron chi connectivity index (χ4n) is 2.91. The molecule has 1 aromatic heterocycles. The van der Waals surface area contributed by atoms with Crippen LogP contribution in [0.25, 0.3) is 0 Å². The first kappa shape index (κ1) is 15.6. The number of aromatic nitrogens is 2. The summed E-state index contributed by atoms with van der Waals surface area (Å²) in [5.41, 5.74) is 1.18. The third kappa shape index (κ3) is 2.94. The lowest BCUT2D eigenvalue weighted by molar-refractivity contribution is -0.142. The van der Waals surface area contributed by atoms with Crippen molar-refractivity contribution in [3.8, 4) is 6.07 Å². The summed E-state index contributed by atoms with van der Waals surface area (Å²) in [4.78, 5) is 1.85. The minimum atomic E-state index is -4.47. The number of hydrogen-bond donors (Lipinski definition) is 0. The van der Waals surface area contributed by atoms with E-state index in [-0.39, 0.29) is 18.7 Å². The highest BCUT2D eigenvalue weighted by Crippen LogP contribution is 2.35. The smallest absolute Gasteiger partial charge is 0.302 e. The molecule has 0 bridgehead atoms. The molecule has 0 N–H and O–H groups in total. The van der Waals surface area contributed by atoms with Gasteiger partial charge in [-0.25, -0.2) is 0 Å². The zero-order valence-electron chi connectivity index (χ0n) is 12.6. The van der Waals surface area contributed by atoms with Crippen molar-refractivity contribution in [3.05, 3.63) is 52.3 Å². The van der Waals surface area contributed by atoms with Crippen molar-refractivity contribution in [1.82, 2.24) is 14.7 Å². The van der Waals surface area contributed by atoms with Gasteiger partial charge in [-0.1, -0.05) is 18.2 Å². The van der Waals surface area contributed by atoms with E-state index in [0.717, 1.165) is 0 Å². The Kier molecular flexibility index (Phi) is 3.86. The van der Waals surface area contributed by atoms with Gasteiger partial charge in [-0.2, -0.15) is 23.5 Å². The van der Waals surface area contributed by atoms with E-state index in [1.807, 2.05) is 4.90 Å². The first-order chi connectivity index (χ1) is 10.9. The summed E-state index contributed by atoms with van der Waals surface area (Å²) < 4.78 is 41.2. The predicted molar refractivity (Wildman–Crippen MR) is 77.5 cm³/mol. The number of nitriles is 1. The van der Waals surface area contributed by atoms with Gasteiger partial charge in [0, 0.05) is 30.8 Å². The van der Waals surface area contributed by atoms with Crippen molar-refractivity contribution >= 4 is 0 Å². The van der Waals surface area contributed by atoms with E-state index >= 15 is 0 Å². The topological polar surface area (TPSA) is 44.9 Å². The van der Waals surface area contributed by atoms with E-state index in [1.165, 1.54) is 4.68 Å². The van der Waals surface area contributed by atoms with Crippen LogP contribution in [-0.4, -0.2) is 28.3 Å². The summed E-state index contributed by atoms with van der Waals surface area (Å²) in [6, 6.07) is 8.97. The predicted octanol–water partition coefficient (Wildman–Crippen LogP) is 2.81. The SMILES string of the molecule is CN1CCc2c(c(C(F)(F)F)nn2Cc2ccccc2C#N)C1. The minimum Gasteiger partial charge on any atom is -0.302 e. The Morgan fingerprint density at radius 1 is 1.30 bits per heavy atom. The van der Waals surface area contributed by atoms with Crippen LogP contribution in [0.5, 0.6) is 0 Å². The number of alkyl halides is 3. The third-order valence-electron chi connectivity index (χ3n) is 4.05. The fourth-order valence-corrected chi connectivity index (χ4v) is 2.91. The van der Waals surface area contributed by atoms with E-state index in [4.69, 9.17) is 5.26 Å². The number of halogens is 3. The highest BCUT2D eigenvalue weighted by atomic mass is 19.4. The molecule has 7 heteroatoms. The van der Waals surface area contributed by atoms with Crippen LogP contribution < -0.4 is 0 Å². The summed E-state index contributed by atoms with van der Waals surface area (Å²) in [5, 5.41) is 13.0. The van der Waals surface area contributed by atoms with Crippen LogP contribution in [0, 0.1) is 11.3 Å². The minimum absolute atomic E-state index is 0.172. The van der Waals surface area contributed by atoms with Gasteiger partial charge in [0.1, 0.15) is 0 Å². The number of hydrogen-bond acceptors (Lipinski definition) is 3. The van der Waals surface area contributed by atoms with Crippen molar-refractivity contribution in [2.45, 2.75) is 25.7 Å². The molecule has 1 aromatic carbocycles. The van der Waals surface area contributed by atoms with E-state index in [1.54, 1.807) is 31.3 Å². The number of benzene rings is 1. The average molecular weight is 320 g/mol. The Hall–Kier alpha value is -2.33. The maximum absolute atomic E-state index is 13.3. The average Bonchev–Trinajstić information content (AvgIpc) is 2.86. The number of fused-ring (bicyclic) bond motifs is 1. The highest BCUT2D eigenvalue weighted by molar-refractivity contribution is 5.38. The highest BCUT2D eigenvalue weighted by Gasteiger charge is 2.40. The first-order valence-corrected chi connectivity index (χ1v) is 7.22. The second-order valence-electron chi connectivity index (χ2n) is 5.69. The molecule has 0 atom stereocenters. The second kappa shape index (κ2) is 5.70. The standard InChI is InChI=1S/C16H15F3N4/c1-22-7-6-14-13(10-22)15(16(17,18)19)21-23(14)9-12-5-3-2-4-11(12)8-20/h2-5H,6-7,9-10H2,1H3. The molecule has 0 saturated heterocycles. The van der Waals surface area contributed by atoms with Gasteiger partial charge >= 0.3 is 6.18 Å². The molecule has 0 unspecified atom stereocenters. The summed E-state index contributed by atoms with van der Waals surface area (Å²) >= 11 is 0. The summed E-state index contributed by atoms with van der Waals surface area (Å²) in [6.45, 7) is 1.10. The molecule has 1 aliphatic rings. The van der Waals surface area contributed by atoms with Crippen LogP contribution in [0.2, 0.25) is 0 Å².